The zero-order valence-corrected chi connectivity index (χ0v) is 25.5. The monoisotopic (exact) mass is 646 g/mol. The van der Waals surface area contributed by atoms with Gasteiger partial charge in [-0.1, -0.05) is 23.2 Å². The van der Waals surface area contributed by atoms with Gasteiger partial charge in [0.05, 0.1) is 28.6 Å². The number of nitrogens with zero attached hydrogens (tertiary/aromatic N) is 3. The van der Waals surface area contributed by atoms with E-state index in [4.69, 9.17) is 27.4 Å². The summed E-state index contributed by atoms with van der Waals surface area (Å²) in [6.45, 7) is 1.74. The Kier molecular flexibility index (Phi) is 9.81. The zero-order chi connectivity index (χ0) is 30.8. The lowest BCUT2D eigenvalue weighted by atomic mass is 9.90. The molecule has 0 unspecified atom stereocenters. The Bertz CT molecular complexity index is 1540. The highest BCUT2D eigenvalue weighted by Crippen LogP contribution is 2.34. The lowest BCUT2D eigenvalue weighted by molar-refractivity contribution is -0.130. The minimum atomic E-state index is -4.63. The molecule has 2 atom stereocenters. The van der Waals surface area contributed by atoms with Gasteiger partial charge in [-0.15, -0.1) is 0 Å². The van der Waals surface area contributed by atoms with Crippen LogP contribution in [0.1, 0.15) is 48.2 Å². The van der Waals surface area contributed by atoms with Crippen LogP contribution in [0.25, 0.3) is 16.9 Å². The summed E-state index contributed by atoms with van der Waals surface area (Å²) < 4.78 is 68.0. The van der Waals surface area contributed by atoms with Gasteiger partial charge in [-0.2, -0.15) is 26.7 Å². The van der Waals surface area contributed by atoms with Gasteiger partial charge in [0.2, 0.25) is 0 Å². The Balaban J connectivity index is 1.66. The number of carbonyl (C=O) groups excluding carboxylic acids is 1. The summed E-state index contributed by atoms with van der Waals surface area (Å²) in [6.07, 6.45) is -2.41. The molecule has 1 N–H and O–H groups in total. The van der Waals surface area contributed by atoms with E-state index in [1.807, 2.05) is 14.1 Å². The number of nitrogens with one attached hydrogen (secondary N) is 1. The van der Waals surface area contributed by atoms with Gasteiger partial charge in [-0.25, -0.2) is 4.68 Å². The molecule has 1 amide bonds. The van der Waals surface area contributed by atoms with E-state index >= 15 is 0 Å². The Morgan fingerprint density at radius 1 is 1.14 bits per heavy atom. The van der Waals surface area contributed by atoms with Crippen LogP contribution in [0.15, 0.2) is 42.5 Å². The normalized spacial score (nSPS) is 17.8. The molecule has 0 bridgehead atoms. The zero-order valence-electron chi connectivity index (χ0n) is 23.2. The Hall–Kier alpha value is -2.80. The molecule has 14 heteroatoms. The number of rotatable bonds is 9. The first-order valence-corrected chi connectivity index (χ1v) is 15.6. The molecule has 1 fully saturated rings. The maximum absolute atomic E-state index is 13.5. The first-order chi connectivity index (χ1) is 19.6. The van der Waals surface area contributed by atoms with E-state index in [0.29, 0.717) is 33.6 Å². The number of carbonyl (C=O) groups is 1. The Morgan fingerprint density at radius 3 is 2.45 bits per heavy atom. The van der Waals surface area contributed by atoms with Crippen molar-refractivity contribution in [2.75, 3.05) is 19.8 Å². The molecule has 42 heavy (non-hydrogen) atoms. The van der Waals surface area contributed by atoms with Crippen molar-refractivity contribution in [1.29, 1.82) is 0 Å². The summed E-state index contributed by atoms with van der Waals surface area (Å²) in [6, 6.07) is 10.9. The number of aromatic nitrogens is 2. The van der Waals surface area contributed by atoms with Gasteiger partial charge in [0.15, 0.2) is 5.69 Å². The fourth-order valence-electron chi connectivity index (χ4n) is 4.99. The highest BCUT2D eigenvalue weighted by Gasteiger charge is 2.31. The van der Waals surface area contributed by atoms with Crippen LogP contribution in [0.5, 0.6) is 5.75 Å². The molecule has 2 aromatic carbocycles. The predicted octanol–water partition coefficient (Wildman–Crippen LogP) is 6.42. The molecule has 0 spiro atoms. The van der Waals surface area contributed by atoms with Crippen molar-refractivity contribution in [2.45, 2.75) is 57.3 Å². The summed E-state index contributed by atoms with van der Waals surface area (Å²) in [5, 5.41) is 8.45. The molecular formula is C28H31Cl2F3N4O4S. The largest absolute Gasteiger partial charge is 0.390 e. The molecule has 1 saturated carbocycles. The van der Waals surface area contributed by atoms with Gasteiger partial charge in [-0.3, -0.25) is 4.79 Å². The van der Waals surface area contributed by atoms with Gasteiger partial charge >= 0.3 is 16.3 Å². The average molecular weight is 648 g/mol. The van der Waals surface area contributed by atoms with Crippen LogP contribution < -0.4 is 9.50 Å². The third kappa shape index (κ3) is 7.97. The van der Waals surface area contributed by atoms with Gasteiger partial charge in [0, 0.05) is 28.2 Å². The van der Waals surface area contributed by atoms with E-state index in [1.54, 1.807) is 25.1 Å². The van der Waals surface area contributed by atoms with Gasteiger partial charge in [0.25, 0.3) is 5.91 Å². The van der Waals surface area contributed by atoms with E-state index in [-0.39, 0.29) is 28.4 Å². The minimum absolute atomic E-state index is 0.0125. The number of amides is 1. The van der Waals surface area contributed by atoms with Crippen molar-refractivity contribution < 1.29 is 30.6 Å². The van der Waals surface area contributed by atoms with Gasteiger partial charge in [-0.05, 0) is 89.2 Å². The number of halogens is 5. The molecule has 0 radical (unpaired) electrons. The van der Waals surface area contributed by atoms with E-state index < -0.39 is 28.5 Å². The molecule has 0 aliphatic heterocycles. The molecule has 228 valence electrons. The van der Waals surface area contributed by atoms with Crippen LogP contribution >= 0.6 is 23.2 Å². The third-order valence-corrected chi connectivity index (χ3v) is 8.86. The molecule has 0 saturated heterocycles. The molecular weight excluding hydrogens is 616 g/mol. The summed E-state index contributed by atoms with van der Waals surface area (Å²) in [5.74, 6) is -1.69. The highest BCUT2D eigenvalue weighted by molar-refractivity contribution is 7.87. The van der Waals surface area contributed by atoms with Gasteiger partial charge in [0.1, 0.15) is 5.75 Å². The summed E-state index contributed by atoms with van der Waals surface area (Å²) in [4.78, 5) is 15.7. The molecule has 4 rings (SSSR count). The second-order valence-electron chi connectivity index (χ2n) is 10.5. The standard InChI is InChI=1S/C28H31Cl2F3N4O4S/c1-17-25(27(38)34-20-5-4-6-21(16-20)36(2)3)35-37(24-12-9-19(29)15-23(24)30)26(17)18-7-10-22(11-8-18)41-42(39,40)14-13-28(31,32)33/h7-12,15,20-21H,4-6,13-14,16H2,1-3H3,(H,34,38)/t20-,21-/m1/s1. The Morgan fingerprint density at radius 2 is 1.83 bits per heavy atom. The number of hydrogen-bond acceptors (Lipinski definition) is 6. The molecule has 3 aromatic rings. The SMILES string of the molecule is Cc1c(C(=O)N[C@@H]2CCC[C@@H](N(C)C)C2)nn(-c2ccc(Cl)cc2Cl)c1-c1ccc(OS(=O)(=O)CCC(F)(F)F)cc1. The smallest absolute Gasteiger partial charge is 0.382 e. The summed E-state index contributed by atoms with van der Waals surface area (Å²) >= 11 is 12.6. The van der Waals surface area contributed by atoms with E-state index in [9.17, 15) is 26.4 Å². The van der Waals surface area contributed by atoms with Crippen LogP contribution in [-0.4, -0.2) is 67.1 Å². The Labute approximate surface area is 252 Å². The third-order valence-electron chi connectivity index (χ3n) is 7.17. The molecule has 1 aromatic heterocycles. The van der Waals surface area contributed by atoms with Crippen LogP contribution in [0.4, 0.5) is 13.2 Å². The fraction of sp³-hybridized carbons (Fsp3) is 0.429. The number of benzene rings is 2. The molecule has 1 aliphatic carbocycles. The first-order valence-electron chi connectivity index (χ1n) is 13.2. The summed E-state index contributed by atoms with van der Waals surface area (Å²) in [5.41, 5.74) is 2.24. The van der Waals surface area contributed by atoms with E-state index in [1.165, 1.54) is 28.9 Å². The maximum atomic E-state index is 13.5. The van der Waals surface area contributed by atoms with E-state index in [2.05, 4.69) is 15.3 Å². The van der Waals surface area contributed by atoms with Crippen molar-refractivity contribution in [3.63, 3.8) is 0 Å². The van der Waals surface area contributed by atoms with Crippen molar-refractivity contribution in [3.05, 3.63) is 63.8 Å². The number of hydrogen-bond donors (Lipinski definition) is 1. The predicted molar refractivity (Wildman–Crippen MR) is 156 cm³/mol. The van der Waals surface area contributed by atoms with Gasteiger partial charge < -0.3 is 14.4 Å². The highest BCUT2D eigenvalue weighted by atomic mass is 35.5. The van der Waals surface area contributed by atoms with Crippen molar-refractivity contribution in [3.8, 4) is 22.7 Å². The molecule has 1 heterocycles. The van der Waals surface area contributed by atoms with Crippen molar-refractivity contribution >= 4 is 39.2 Å². The summed E-state index contributed by atoms with van der Waals surface area (Å²) in [7, 11) is -0.419. The number of alkyl halides is 3. The topological polar surface area (TPSA) is 93.5 Å². The lowest BCUT2D eigenvalue weighted by Gasteiger charge is -2.33. The lowest BCUT2D eigenvalue weighted by Crippen LogP contribution is -2.44. The average Bonchev–Trinajstić information content (AvgIpc) is 3.24. The van der Waals surface area contributed by atoms with Crippen LogP contribution in [0.3, 0.4) is 0 Å². The van der Waals surface area contributed by atoms with Crippen molar-refractivity contribution in [2.24, 2.45) is 0 Å². The second kappa shape index (κ2) is 12.8. The molecule has 8 nitrogen and oxygen atoms in total. The first kappa shape index (κ1) is 32.1. The van der Waals surface area contributed by atoms with Crippen LogP contribution in [0.2, 0.25) is 10.0 Å². The second-order valence-corrected chi connectivity index (χ2v) is 13.1. The van der Waals surface area contributed by atoms with Crippen LogP contribution in [-0.2, 0) is 10.1 Å². The minimum Gasteiger partial charge on any atom is -0.382 e. The molecule has 1 aliphatic rings. The quantitative estimate of drug-likeness (QED) is 0.270. The van der Waals surface area contributed by atoms with Crippen LogP contribution in [0, 0.1) is 6.92 Å². The van der Waals surface area contributed by atoms with Crippen molar-refractivity contribution in [1.82, 2.24) is 20.0 Å². The van der Waals surface area contributed by atoms with E-state index in [0.717, 1.165) is 25.7 Å². The fourth-order valence-corrected chi connectivity index (χ4v) is 6.45. The maximum Gasteiger partial charge on any atom is 0.390 e.